The molecule has 8 aliphatic rings. The fraction of sp³-hybridized carbons (Fsp3) is 0.673. The van der Waals surface area contributed by atoms with E-state index in [1.165, 1.54) is 44.6 Å². The first-order valence-corrected chi connectivity index (χ1v) is 23.3. The van der Waals surface area contributed by atoms with Crippen LogP contribution in [0.2, 0.25) is 0 Å². The first kappa shape index (κ1) is 42.9. The number of methoxy groups -OCH3 is 1. The van der Waals surface area contributed by atoms with Gasteiger partial charge in [-0.3, -0.25) is 4.79 Å². The van der Waals surface area contributed by atoms with E-state index in [0.717, 1.165) is 43.3 Å². The van der Waals surface area contributed by atoms with E-state index in [-0.39, 0.29) is 35.4 Å². The van der Waals surface area contributed by atoms with Crippen LogP contribution in [0.3, 0.4) is 0 Å². The molecule has 3 saturated carbocycles. The normalized spacial score (nSPS) is 39.7. The van der Waals surface area contributed by atoms with Gasteiger partial charge in [-0.05, 0) is 149 Å². The molecule has 4 aliphatic carbocycles. The van der Waals surface area contributed by atoms with Gasteiger partial charge >= 0.3 is 0 Å². The molecule has 5 fully saturated rings. The molecule has 3 N–H and O–H groups in total. The Labute approximate surface area is 363 Å². The van der Waals surface area contributed by atoms with Crippen molar-refractivity contribution in [3.63, 3.8) is 0 Å². The number of phenols is 1. The number of phenolic OH excluding ortho intramolecular Hbond substituents is 1. The van der Waals surface area contributed by atoms with Crippen molar-refractivity contribution < 1.29 is 43.8 Å². The molecule has 9 heteroatoms. The summed E-state index contributed by atoms with van der Waals surface area (Å²) in [4.78, 5) is 13.1. The zero-order valence-corrected chi connectivity index (χ0v) is 38.0. The number of ether oxygens (including phenoxy) is 5. The molecule has 0 bridgehead atoms. The van der Waals surface area contributed by atoms with Crippen LogP contribution in [0.1, 0.15) is 140 Å². The lowest BCUT2D eigenvalue weighted by atomic mass is 9.48. The average molecular weight is 839 g/mol. The number of ketones is 1. The number of aliphatic hydroxyl groups excluding tert-OH is 2. The second-order valence-corrected chi connectivity index (χ2v) is 21.9. The van der Waals surface area contributed by atoms with Crippen molar-refractivity contribution in [2.75, 3.05) is 13.7 Å². The Hall–Kier alpha value is -3.37. The summed E-state index contributed by atoms with van der Waals surface area (Å²) >= 11 is 0. The number of aromatic hydroxyl groups is 1. The third-order valence-corrected chi connectivity index (χ3v) is 17.1. The van der Waals surface area contributed by atoms with Crippen LogP contribution < -0.4 is 14.2 Å². The van der Waals surface area contributed by atoms with E-state index in [0.29, 0.717) is 75.4 Å². The largest absolute Gasteiger partial charge is 0.507 e. The van der Waals surface area contributed by atoms with Gasteiger partial charge < -0.3 is 39.0 Å². The molecule has 61 heavy (non-hydrogen) atoms. The summed E-state index contributed by atoms with van der Waals surface area (Å²) in [6, 6.07) is 6.72. The number of carbonyl (C=O) groups is 1. The topological polar surface area (TPSA) is 124 Å². The van der Waals surface area contributed by atoms with Crippen molar-refractivity contribution in [2.24, 2.45) is 46.3 Å². The Morgan fingerprint density at radius 2 is 1.72 bits per heavy atom. The van der Waals surface area contributed by atoms with Crippen LogP contribution >= 0.6 is 0 Å². The van der Waals surface area contributed by atoms with Crippen molar-refractivity contribution >= 4 is 11.9 Å². The average Bonchev–Trinajstić information content (AvgIpc) is 3.65. The monoisotopic (exact) mass is 839 g/mol. The van der Waals surface area contributed by atoms with Gasteiger partial charge in [0.1, 0.15) is 34.2 Å². The third-order valence-electron chi connectivity index (χ3n) is 17.1. The molecule has 0 amide bonds. The molecule has 332 valence electrons. The predicted molar refractivity (Wildman–Crippen MR) is 235 cm³/mol. The predicted octanol–water partition coefficient (Wildman–Crippen LogP) is 9.80. The van der Waals surface area contributed by atoms with E-state index in [9.17, 15) is 20.1 Å². The maximum atomic E-state index is 13.1. The second-order valence-electron chi connectivity index (χ2n) is 21.9. The SMILES string of the molecule is CC1CCC2(OC1)OC1CC3C4CCC5CC(O)CCC5(C)C4=CCC3(C)C1C2C.COc1c(CC(=O)c2cc3c(cc2O)OC(C)(C)C(O)C3)ccc2c1C=CC(C)(C)O2. The van der Waals surface area contributed by atoms with Crippen LogP contribution in [-0.4, -0.2) is 70.1 Å². The first-order chi connectivity index (χ1) is 28.8. The zero-order valence-electron chi connectivity index (χ0n) is 38.0. The molecule has 12 atom stereocenters. The van der Waals surface area contributed by atoms with Crippen molar-refractivity contribution in [1.29, 1.82) is 0 Å². The Kier molecular flexibility index (Phi) is 10.6. The van der Waals surface area contributed by atoms with Crippen LogP contribution in [0, 0.1) is 46.3 Å². The van der Waals surface area contributed by atoms with Gasteiger partial charge in [-0.15, -0.1) is 0 Å². The molecule has 4 heterocycles. The first-order valence-electron chi connectivity index (χ1n) is 23.3. The second kappa shape index (κ2) is 15.1. The van der Waals surface area contributed by atoms with E-state index in [1.807, 2.05) is 38.1 Å². The van der Waals surface area contributed by atoms with Crippen molar-refractivity contribution in [3.05, 3.63) is 64.2 Å². The minimum Gasteiger partial charge on any atom is -0.507 e. The van der Waals surface area contributed by atoms with E-state index < -0.39 is 17.3 Å². The van der Waals surface area contributed by atoms with Crippen LogP contribution in [0.4, 0.5) is 0 Å². The van der Waals surface area contributed by atoms with Gasteiger partial charge in [0.15, 0.2) is 11.6 Å². The van der Waals surface area contributed by atoms with E-state index in [2.05, 4.69) is 33.8 Å². The number of rotatable bonds is 4. The maximum Gasteiger partial charge on any atom is 0.171 e. The highest BCUT2D eigenvalue weighted by Crippen LogP contribution is 2.70. The number of carbonyl (C=O) groups excluding carboxylic acids is 1. The summed E-state index contributed by atoms with van der Waals surface area (Å²) in [6.45, 7) is 18.3. The van der Waals surface area contributed by atoms with Crippen molar-refractivity contribution in [2.45, 2.75) is 161 Å². The zero-order chi connectivity index (χ0) is 43.4. The quantitative estimate of drug-likeness (QED) is 0.204. The molecular weight excluding hydrogens is 769 g/mol. The number of hydrogen-bond acceptors (Lipinski definition) is 9. The summed E-state index contributed by atoms with van der Waals surface area (Å²) < 4.78 is 30.7. The van der Waals surface area contributed by atoms with E-state index in [4.69, 9.17) is 23.7 Å². The summed E-state index contributed by atoms with van der Waals surface area (Å²) in [5.74, 6) is 5.06. The Morgan fingerprint density at radius 3 is 2.46 bits per heavy atom. The lowest BCUT2D eigenvalue weighted by Gasteiger charge is -2.57. The smallest absolute Gasteiger partial charge is 0.171 e. The lowest BCUT2D eigenvalue weighted by Crippen LogP contribution is -2.50. The highest BCUT2D eigenvalue weighted by Gasteiger charge is 2.68. The summed E-state index contributed by atoms with van der Waals surface area (Å²) in [6.07, 6.45) is 17.2. The third kappa shape index (κ3) is 7.16. The lowest BCUT2D eigenvalue weighted by molar-refractivity contribution is -0.272. The van der Waals surface area contributed by atoms with Gasteiger partial charge in [0.05, 0.1) is 43.2 Å². The number of fused-ring (bicyclic) bond motifs is 9. The van der Waals surface area contributed by atoms with E-state index in [1.54, 1.807) is 32.6 Å². The number of aliphatic hydroxyl groups is 2. The molecule has 9 nitrogen and oxygen atoms in total. The molecule has 12 unspecified atom stereocenters. The van der Waals surface area contributed by atoms with Crippen LogP contribution in [0.25, 0.3) is 6.08 Å². The molecular formula is C52H70O9. The molecule has 0 radical (unpaired) electrons. The summed E-state index contributed by atoms with van der Waals surface area (Å²) in [7, 11) is 1.56. The highest BCUT2D eigenvalue weighted by atomic mass is 16.7. The summed E-state index contributed by atoms with van der Waals surface area (Å²) in [5.41, 5.74) is 3.68. The van der Waals surface area contributed by atoms with Gasteiger partial charge in [-0.25, -0.2) is 0 Å². The molecule has 1 spiro atoms. The van der Waals surface area contributed by atoms with Crippen LogP contribution in [-0.2, 0) is 22.3 Å². The van der Waals surface area contributed by atoms with Crippen molar-refractivity contribution in [3.8, 4) is 23.0 Å². The fourth-order valence-corrected chi connectivity index (χ4v) is 13.5. The highest BCUT2D eigenvalue weighted by molar-refractivity contribution is 6.01. The molecule has 10 rings (SSSR count). The molecule has 2 saturated heterocycles. The van der Waals surface area contributed by atoms with Gasteiger partial charge in [0.2, 0.25) is 0 Å². The molecule has 2 aromatic carbocycles. The Bertz CT molecular complexity index is 2110. The van der Waals surface area contributed by atoms with Crippen molar-refractivity contribution in [1.82, 2.24) is 0 Å². The Morgan fingerprint density at radius 1 is 0.934 bits per heavy atom. The minimum atomic E-state index is -0.758. The van der Waals surface area contributed by atoms with Crippen LogP contribution in [0.5, 0.6) is 23.0 Å². The van der Waals surface area contributed by atoms with Gasteiger partial charge in [0.25, 0.3) is 0 Å². The molecule has 0 aromatic heterocycles. The molecule has 2 aromatic rings. The number of allylic oxidation sites excluding steroid dienone is 2. The van der Waals surface area contributed by atoms with E-state index >= 15 is 0 Å². The number of hydrogen-bond donors (Lipinski definition) is 3. The number of Topliss-reactive ketones (excluding diaryl/α,β-unsaturated/α-hetero) is 1. The van der Waals surface area contributed by atoms with Gasteiger partial charge in [0, 0.05) is 36.8 Å². The number of benzene rings is 2. The minimum absolute atomic E-state index is 0.0505. The standard InChI is InChI=1S/C27H42O3.C25H28O6/c1-16-7-12-27(29-15-16)17(2)24-23(30-27)14-22-20-6-5-18-13-19(28)8-10-25(18,3)21(20)9-11-26(22,24)4;1-24(2)9-8-16-20(30-24)7-6-14(23(16)29-5)11-18(26)17-10-15-12-22(28)25(3,4)31-21(15)13-19(17)27/h9,16-20,22-24,28H,5-8,10-15H2,1-4H3;6-10,13,22,27-28H,11-12H2,1-5H3. The molecule has 4 aliphatic heterocycles. The fourth-order valence-electron chi connectivity index (χ4n) is 13.5. The van der Waals surface area contributed by atoms with Gasteiger partial charge in [-0.2, -0.15) is 0 Å². The Balaban J connectivity index is 0.000000156. The van der Waals surface area contributed by atoms with Gasteiger partial charge in [-0.1, -0.05) is 45.4 Å². The van der Waals surface area contributed by atoms with Crippen LogP contribution in [0.15, 0.2) is 42.0 Å². The summed E-state index contributed by atoms with van der Waals surface area (Å²) in [5, 5.41) is 31.1. The maximum absolute atomic E-state index is 13.1.